The third-order valence-electron chi connectivity index (χ3n) is 1.28. The number of hydrogen-bond acceptors (Lipinski definition) is 4. The third-order valence-corrected chi connectivity index (χ3v) is 1.28. The SMILES string of the molecule is CCOc1c[n+]([O-])cc(OCC)n1. The summed E-state index contributed by atoms with van der Waals surface area (Å²) >= 11 is 0. The number of rotatable bonds is 4. The molecule has 0 unspecified atom stereocenters. The topological polar surface area (TPSA) is 58.3 Å². The van der Waals surface area contributed by atoms with Crippen molar-refractivity contribution in [2.75, 3.05) is 13.2 Å². The van der Waals surface area contributed by atoms with Crippen molar-refractivity contribution in [3.8, 4) is 11.8 Å². The molecule has 0 aliphatic rings. The summed E-state index contributed by atoms with van der Waals surface area (Å²) in [6.45, 7) is 4.60. The lowest BCUT2D eigenvalue weighted by Crippen LogP contribution is -2.26. The van der Waals surface area contributed by atoms with E-state index < -0.39 is 0 Å². The lowest BCUT2D eigenvalue weighted by atomic mass is 10.6. The van der Waals surface area contributed by atoms with Gasteiger partial charge in [0.15, 0.2) is 0 Å². The van der Waals surface area contributed by atoms with Gasteiger partial charge < -0.3 is 14.7 Å². The van der Waals surface area contributed by atoms with Crippen LogP contribution in [0.1, 0.15) is 13.8 Å². The quantitative estimate of drug-likeness (QED) is 0.505. The molecule has 5 nitrogen and oxygen atoms in total. The maximum atomic E-state index is 11.0. The van der Waals surface area contributed by atoms with Gasteiger partial charge in [0.2, 0.25) is 12.4 Å². The van der Waals surface area contributed by atoms with Crippen LogP contribution in [0.15, 0.2) is 12.4 Å². The molecule has 0 bridgehead atoms. The number of ether oxygens (including phenoxy) is 2. The average molecular weight is 184 g/mol. The Balaban J connectivity index is 2.83. The second kappa shape index (κ2) is 4.49. The van der Waals surface area contributed by atoms with Gasteiger partial charge in [-0.15, -0.1) is 0 Å². The van der Waals surface area contributed by atoms with E-state index in [1.54, 1.807) is 0 Å². The Kier molecular flexibility index (Phi) is 3.31. The fourth-order valence-corrected chi connectivity index (χ4v) is 0.856. The standard InChI is InChI=1S/C8H12N2O3/c1-3-12-7-5-10(11)6-8(9-7)13-4-2/h5-6H,3-4H2,1-2H3. The second-order valence-corrected chi connectivity index (χ2v) is 2.27. The van der Waals surface area contributed by atoms with Crippen LogP contribution in [-0.2, 0) is 0 Å². The Bertz CT molecular complexity index is 254. The summed E-state index contributed by atoms with van der Waals surface area (Å²) in [6, 6.07) is 0. The molecule has 0 aromatic carbocycles. The van der Waals surface area contributed by atoms with Gasteiger partial charge in [0.1, 0.15) is 0 Å². The van der Waals surface area contributed by atoms with E-state index in [-0.39, 0.29) is 11.8 Å². The molecule has 0 fully saturated rings. The van der Waals surface area contributed by atoms with E-state index in [1.165, 1.54) is 12.4 Å². The van der Waals surface area contributed by atoms with Crippen LogP contribution in [0.3, 0.4) is 0 Å². The molecule has 0 aliphatic carbocycles. The molecule has 0 amide bonds. The summed E-state index contributed by atoms with van der Waals surface area (Å²) in [5.74, 6) is 0.562. The molecular weight excluding hydrogens is 172 g/mol. The average Bonchev–Trinajstić information content (AvgIpc) is 2.04. The van der Waals surface area contributed by atoms with Crippen LogP contribution in [0.4, 0.5) is 0 Å². The molecule has 13 heavy (non-hydrogen) atoms. The summed E-state index contributed by atoms with van der Waals surface area (Å²) in [4.78, 5) is 3.95. The third kappa shape index (κ3) is 2.77. The van der Waals surface area contributed by atoms with E-state index in [4.69, 9.17) is 9.47 Å². The van der Waals surface area contributed by atoms with Crippen LogP contribution < -0.4 is 14.2 Å². The Hall–Kier alpha value is -1.52. The zero-order chi connectivity index (χ0) is 9.68. The van der Waals surface area contributed by atoms with Crippen LogP contribution in [0.25, 0.3) is 0 Å². The van der Waals surface area contributed by atoms with Crippen LogP contribution in [0.5, 0.6) is 11.8 Å². The van der Waals surface area contributed by atoms with Crippen molar-refractivity contribution in [2.24, 2.45) is 0 Å². The molecule has 0 radical (unpaired) electrons. The van der Waals surface area contributed by atoms with E-state index in [1.807, 2.05) is 13.8 Å². The molecular formula is C8H12N2O3. The van der Waals surface area contributed by atoms with Crippen LogP contribution in [0.2, 0.25) is 0 Å². The number of aromatic nitrogens is 2. The highest BCUT2D eigenvalue weighted by atomic mass is 16.5. The van der Waals surface area contributed by atoms with E-state index in [0.29, 0.717) is 17.9 Å². The Morgan fingerprint density at radius 3 is 2.08 bits per heavy atom. The van der Waals surface area contributed by atoms with Crippen LogP contribution in [-0.4, -0.2) is 18.2 Å². The zero-order valence-corrected chi connectivity index (χ0v) is 7.69. The molecule has 0 saturated carbocycles. The van der Waals surface area contributed by atoms with Crippen molar-refractivity contribution in [1.82, 2.24) is 4.98 Å². The maximum Gasteiger partial charge on any atom is 0.284 e. The molecule has 1 heterocycles. The van der Waals surface area contributed by atoms with E-state index >= 15 is 0 Å². The molecule has 72 valence electrons. The van der Waals surface area contributed by atoms with Gasteiger partial charge in [-0.1, -0.05) is 0 Å². The fourth-order valence-electron chi connectivity index (χ4n) is 0.856. The largest absolute Gasteiger partial charge is 0.618 e. The summed E-state index contributed by atoms with van der Waals surface area (Å²) in [6.07, 6.45) is 2.51. The maximum absolute atomic E-state index is 11.0. The minimum Gasteiger partial charge on any atom is -0.618 e. The normalized spacial score (nSPS) is 9.69. The first-order chi connectivity index (χ1) is 6.26. The predicted molar refractivity (Wildman–Crippen MR) is 45.5 cm³/mol. The Morgan fingerprint density at radius 1 is 1.23 bits per heavy atom. The smallest absolute Gasteiger partial charge is 0.284 e. The minimum atomic E-state index is 0.281. The van der Waals surface area contributed by atoms with Crippen LogP contribution in [0, 0.1) is 5.21 Å². The van der Waals surface area contributed by atoms with Gasteiger partial charge in [-0.25, -0.2) is 0 Å². The number of nitrogens with zero attached hydrogens (tertiary/aromatic N) is 2. The Morgan fingerprint density at radius 2 is 1.69 bits per heavy atom. The molecule has 1 aromatic rings. The van der Waals surface area contributed by atoms with Gasteiger partial charge in [-0.3, -0.25) is 0 Å². The van der Waals surface area contributed by atoms with Crippen molar-refractivity contribution < 1.29 is 14.2 Å². The zero-order valence-electron chi connectivity index (χ0n) is 7.69. The van der Waals surface area contributed by atoms with Crippen molar-refractivity contribution in [3.05, 3.63) is 17.6 Å². The molecule has 0 aliphatic heterocycles. The minimum absolute atomic E-state index is 0.281. The van der Waals surface area contributed by atoms with Crippen molar-refractivity contribution in [1.29, 1.82) is 0 Å². The molecule has 0 spiro atoms. The molecule has 0 atom stereocenters. The summed E-state index contributed by atoms with van der Waals surface area (Å²) in [7, 11) is 0. The highest BCUT2D eigenvalue weighted by molar-refractivity contribution is 5.08. The van der Waals surface area contributed by atoms with Gasteiger partial charge in [0.05, 0.1) is 13.2 Å². The van der Waals surface area contributed by atoms with E-state index in [0.717, 1.165) is 0 Å². The van der Waals surface area contributed by atoms with Crippen LogP contribution >= 0.6 is 0 Å². The van der Waals surface area contributed by atoms with Crippen molar-refractivity contribution >= 4 is 0 Å². The molecule has 0 saturated heterocycles. The van der Waals surface area contributed by atoms with Crippen molar-refractivity contribution in [3.63, 3.8) is 0 Å². The summed E-state index contributed by atoms with van der Waals surface area (Å²) in [5, 5.41) is 11.0. The van der Waals surface area contributed by atoms with Crippen molar-refractivity contribution in [2.45, 2.75) is 13.8 Å². The monoisotopic (exact) mass is 184 g/mol. The second-order valence-electron chi connectivity index (χ2n) is 2.27. The van der Waals surface area contributed by atoms with Gasteiger partial charge >= 0.3 is 0 Å². The highest BCUT2D eigenvalue weighted by Gasteiger charge is 2.05. The molecule has 1 aromatic heterocycles. The van der Waals surface area contributed by atoms with Gasteiger partial charge in [-0.2, -0.15) is 9.71 Å². The van der Waals surface area contributed by atoms with E-state index in [9.17, 15) is 5.21 Å². The van der Waals surface area contributed by atoms with E-state index in [2.05, 4.69) is 4.98 Å². The number of hydrogen-bond donors (Lipinski definition) is 0. The Labute approximate surface area is 76.5 Å². The molecule has 0 N–H and O–H groups in total. The first-order valence-corrected chi connectivity index (χ1v) is 4.12. The lowest BCUT2D eigenvalue weighted by Gasteiger charge is -2.04. The lowest BCUT2D eigenvalue weighted by molar-refractivity contribution is -0.606. The first-order valence-electron chi connectivity index (χ1n) is 4.12. The summed E-state index contributed by atoms with van der Waals surface area (Å²) < 4.78 is 10.7. The van der Waals surface area contributed by atoms with Gasteiger partial charge in [-0.05, 0) is 13.8 Å². The molecule has 1 rings (SSSR count). The molecule has 5 heteroatoms. The first kappa shape index (κ1) is 9.57. The highest BCUT2D eigenvalue weighted by Crippen LogP contribution is 2.09. The van der Waals surface area contributed by atoms with Gasteiger partial charge in [0, 0.05) is 0 Å². The van der Waals surface area contributed by atoms with Gasteiger partial charge in [0.25, 0.3) is 11.8 Å². The fraction of sp³-hybridized carbons (Fsp3) is 0.500. The summed E-state index contributed by atoms with van der Waals surface area (Å²) in [5.41, 5.74) is 0. The predicted octanol–water partition coefficient (Wildman–Crippen LogP) is 0.512.